The predicted octanol–water partition coefficient (Wildman–Crippen LogP) is 0.0327. The minimum atomic E-state index is -3.64. The Kier molecular flexibility index (Phi) is 3.47. The third-order valence-electron chi connectivity index (χ3n) is 2.93. The number of ether oxygens (including phenoxy) is 1. The van der Waals surface area contributed by atoms with Crippen molar-refractivity contribution in [1.82, 2.24) is 4.31 Å². The summed E-state index contributed by atoms with van der Waals surface area (Å²) in [5, 5.41) is 9.42. The first-order valence-corrected chi connectivity index (χ1v) is 7.01. The molecule has 18 heavy (non-hydrogen) atoms. The number of rotatable bonds is 3. The molecule has 0 aliphatic carbocycles. The molecule has 0 aromatic heterocycles. The van der Waals surface area contributed by atoms with Crippen LogP contribution in [0.15, 0.2) is 23.1 Å². The van der Waals surface area contributed by atoms with Gasteiger partial charge in [-0.3, -0.25) is 0 Å². The van der Waals surface area contributed by atoms with E-state index in [4.69, 9.17) is 10.5 Å². The van der Waals surface area contributed by atoms with Crippen molar-refractivity contribution in [3.8, 4) is 5.75 Å². The zero-order valence-corrected chi connectivity index (χ0v) is 10.9. The first-order chi connectivity index (χ1) is 8.45. The molecular formula is C11H16N2O4S. The normalized spacial score (nSPS) is 21.1. The first-order valence-electron chi connectivity index (χ1n) is 5.57. The van der Waals surface area contributed by atoms with Crippen molar-refractivity contribution in [2.45, 2.75) is 17.4 Å². The van der Waals surface area contributed by atoms with Crippen LogP contribution in [-0.4, -0.2) is 44.1 Å². The third kappa shape index (κ3) is 2.29. The van der Waals surface area contributed by atoms with Crippen LogP contribution in [0, 0.1) is 0 Å². The van der Waals surface area contributed by atoms with Crippen molar-refractivity contribution in [2.75, 3.05) is 25.9 Å². The Morgan fingerprint density at radius 2 is 2.22 bits per heavy atom. The molecule has 0 unspecified atom stereocenters. The molecule has 100 valence electrons. The number of nitrogens with zero attached hydrogens (tertiary/aromatic N) is 1. The standard InChI is InChI=1S/C11H16N2O4S/c1-17-10-6-8(12)2-3-11(10)18(15,16)13-5-4-9(14)7-13/h2-3,6,9,14H,4-5,7,12H2,1H3/t9-/m0/s1. The second-order valence-electron chi connectivity index (χ2n) is 4.22. The zero-order chi connectivity index (χ0) is 13.3. The summed E-state index contributed by atoms with van der Waals surface area (Å²) in [4.78, 5) is 0.0771. The Hall–Kier alpha value is -1.31. The molecule has 3 N–H and O–H groups in total. The highest BCUT2D eigenvalue weighted by Crippen LogP contribution is 2.30. The van der Waals surface area contributed by atoms with E-state index in [1.807, 2.05) is 0 Å². The summed E-state index contributed by atoms with van der Waals surface area (Å²) in [6.45, 7) is 0.437. The summed E-state index contributed by atoms with van der Waals surface area (Å²) in [6.07, 6.45) is -0.143. The predicted molar refractivity (Wildman–Crippen MR) is 66.8 cm³/mol. The van der Waals surface area contributed by atoms with Crippen LogP contribution in [0.2, 0.25) is 0 Å². The maximum absolute atomic E-state index is 12.4. The van der Waals surface area contributed by atoms with Crippen LogP contribution in [0.25, 0.3) is 0 Å². The van der Waals surface area contributed by atoms with Crippen molar-refractivity contribution in [2.24, 2.45) is 0 Å². The maximum atomic E-state index is 12.4. The highest BCUT2D eigenvalue weighted by atomic mass is 32.2. The van der Waals surface area contributed by atoms with Crippen LogP contribution < -0.4 is 10.5 Å². The molecule has 2 rings (SSSR count). The third-order valence-corrected chi connectivity index (χ3v) is 4.84. The van der Waals surface area contributed by atoms with Crippen molar-refractivity contribution in [3.05, 3.63) is 18.2 Å². The van der Waals surface area contributed by atoms with Gasteiger partial charge in [0.05, 0.1) is 13.2 Å². The summed E-state index contributed by atoms with van der Waals surface area (Å²) < 4.78 is 31.0. The van der Waals surface area contributed by atoms with Gasteiger partial charge in [0.1, 0.15) is 10.6 Å². The molecular weight excluding hydrogens is 256 g/mol. The van der Waals surface area contributed by atoms with Crippen LogP contribution in [0.4, 0.5) is 5.69 Å². The molecule has 1 heterocycles. The molecule has 1 atom stereocenters. The molecule has 1 aliphatic rings. The summed E-state index contributed by atoms with van der Waals surface area (Å²) >= 11 is 0. The van der Waals surface area contributed by atoms with Gasteiger partial charge in [-0.15, -0.1) is 0 Å². The van der Waals surface area contributed by atoms with E-state index in [9.17, 15) is 13.5 Å². The van der Waals surface area contributed by atoms with E-state index in [-0.39, 0.29) is 17.2 Å². The molecule has 0 amide bonds. The monoisotopic (exact) mass is 272 g/mol. The molecule has 1 aromatic rings. The SMILES string of the molecule is COc1cc(N)ccc1S(=O)(=O)N1CC[C@H](O)C1. The minimum Gasteiger partial charge on any atom is -0.495 e. The van der Waals surface area contributed by atoms with Crippen molar-refractivity contribution >= 4 is 15.7 Å². The van der Waals surface area contributed by atoms with E-state index in [0.29, 0.717) is 18.7 Å². The number of nitrogen functional groups attached to an aromatic ring is 1. The van der Waals surface area contributed by atoms with E-state index >= 15 is 0 Å². The Labute approximate surface area is 106 Å². The molecule has 0 spiro atoms. The fourth-order valence-corrected chi connectivity index (χ4v) is 3.59. The number of benzene rings is 1. The number of aliphatic hydroxyl groups excluding tert-OH is 1. The first kappa shape index (κ1) is 13.1. The lowest BCUT2D eigenvalue weighted by Crippen LogP contribution is -2.30. The van der Waals surface area contributed by atoms with Crippen LogP contribution in [-0.2, 0) is 10.0 Å². The molecule has 1 fully saturated rings. The van der Waals surface area contributed by atoms with Gasteiger partial charge in [0.15, 0.2) is 0 Å². The molecule has 0 radical (unpaired) electrons. The Balaban J connectivity index is 2.41. The van der Waals surface area contributed by atoms with Crippen molar-refractivity contribution in [1.29, 1.82) is 0 Å². The van der Waals surface area contributed by atoms with Gasteiger partial charge in [0.2, 0.25) is 10.0 Å². The average Bonchev–Trinajstić information content (AvgIpc) is 2.76. The topological polar surface area (TPSA) is 92.9 Å². The highest BCUT2D eigenvalue weighted by Gasteiger charge is 2.33. The lowest BCUT2D eigenvalue weighted by atomic mass is 10.3. The molecule has 7 heteroatoms. The van der Waals surface area contributed by atoms with Gasteiger partial charge in [-0.2, -0.15) is 4.31 Å². The number of sulfonamides is 1. The lowest BCUT2D eigenvalue weighted by molar-refractivity contribution is 0.189. The number of nitrogens with two attached hydrogens (primary N) is 1. The molecule has 1 aromatic carbocycles. The largest absolute Gasteiger partial charge is 0.495 e. The number of hydrogen-bond donors (Lipinski definition) is 2. The van der Waals surface area contributed by atoms with Gasteiger partial charge in [-0.05, 0) is 18.6 Å². The number of anilines is 1. The van der Waals surface area contributed by atoms with E-state index in [1.54, 1.807) is 0 Å². The lowest BCUT2D eigenvalue weighted by Gasteiger charge is -2.17. The van der Waals surface area contributed by atoms with Gasteiger partial charge >= 0.3 is 0 Å². The highest BCUT2D eigenvalue weighted by molar-refractivity contribution is 7.89. The molecule has 1 saturated heterocycles. The van der Waals surface area contributed by atoms with Gasteiger partial charge in [0.25, 0.3) is 0 Å². The van der Waals surface area contributed by atoms with Crippen molar-refractivity contribution in [3.63, 3.8) is 0 Å². The maximum Gasteiger partial charge on any atom is 0.246 e. The summed E-state index contributed by atoms with van der Waals surface area (Å²) in [6, 6.07) is 4.41. The van der Waals surface area contributed by atoms with Crippen LogP contribution in [0.5, 0.6) is 5.75 Å². The average molecular weight is 272 g/mol. The van der Waals surface area contributed by atoms with E-state index in [0.717, 1.165) is 0 Å². The van der Waals surface area contributed by atoms with Crippen LogP contribution >= 0.6 is 0 Å². The van der Waals surface area contributed by atoms with E-state index in [1.165, 1.54) is 29.6 Å². The molecule has 6 nitrogen and oxygen atoms in total. The quantitative estimate of drug-likeness (QED) is 0.757. The Bertz CT molecular complexity index is 544. The Morgan fingerprint density at radius 3 is 2.78 bits per heavy atom. The second-order valence-corrected chi connectivity index (χ2v) is 6.12. The fraction of sp³-hybridized carbons (Fsp3) is 0.455. The summed E-state index contributed by atoms with van der Waals surface area (Å²) in [5.74, 6) is 0.219. The summed E-state index contributed by atoms with van der Waals surface area (Å²) in [5.41, 5.74) is 6.03. The van der Waals surface area contributed by atoms with Crippen LogP contribution in [0.1, 0.15) is 6.42 Å². The number of aliphatic hydroxyl groups is 1. The second kappa shape index (κ2) is 4.75. The fourth-order valence-electron chi connectivity index (χ4n) is 1.97. The number of hydrogen-bond acceptors (Lipinski definition) is 5. The smallest absolute Gasteiger partial charge is 0.246 e. The Morgan fingerprint density at radius 1 is 1.50 bits per heavy atom. The van der Waals surface area contributed by atoms with Crippen molar-refractivity contribution < 1.29 is 18.3 Å². The molecule has 1 aliphatic heterocycles. The van der Waals surface area contributed by atoms with E-state index in [2.05, 4.69) is 0 Å². The number of methoxy groups -OCH3 is 1. The van der Waals surface area contributed by atoms with Gasteiger partial charge in [-0.25, -0.2) is 8.42 Å². The summed E-state index contributed by atoms with van der Waals surface area (Å²) in [7, 11) is -2.24. The van der Waals surface area contributed by atoms with E-state index < -0.39 is 16.1 Å². The molecule has 0 bridgehead atoms. The van der Waals surface area contributed by atoms with Gasteiger partial charge in [-0.1, -0.05) is 0 Å². The minimum absolute atomic E-state index is 0.0771. The van der Waals surface area contributed by atoms with Gasteiger partial charge < -0.3 is 15.6 Å². The molecule has 0 saturated carbocycles. The van der Waals surface area contributed by atoms with Gasteiger partial charge in [0, 0.05) is 24.8 Å². The zero-order valence-electron chi connectivity index (χ0n) is 10.0. The number of β-amino-alcohol motifs (C(OH)–C–C–N with tert-alkyl or cyclic N) is 1. The van der Waals surface area contributed by atoms with Crippen LogP contribution in [0.3, 0.4) is 0 Å².